The van der Waals surface area contributed by atoms with E-state index in [9.17, 15) is 4.79 Å². The lowest BCUT2D eigenvalue weighted by molar-refractivity contribution is 0.0729. The third kappa shape index (κ3) is 4.70. The van der Waals surface area contributed by atoms with Crippen molar-refractivity contribution in [3.63, 3.8) is 0 Å². The molecule has 0 fully saturated rings. The fourth-order valence-corrected chi connectivity index (χ4v) is 3.60. The Morgan fingerprint density at radius 3 is 2.89 bits per heavy atom. The van der Waals surface area contributed by atoms with Crippen molar-refractivity contribution in [3.05, 3.63) is 81.7 Å². The van der Waals surface area contributed by atoms with Crippen molar-refractivity contribution in [3.8, 4) is 5.75 Å². The van der Waals surface area contributed by atoms with Crippen molar-refractivity contribution in [1.82, 2.24) is 9.88 Å². The highest BCUT2D eigenvalue weighted by Crippen LogP contribution is 2.25. The molecule has 0 saturated heterocycles. The van der Waals surface area contributed by atoms with Crippen molar-refractivity contribution in [1.29, 1.82) is 0 Å². The predicted molar refractivity (Wildman–Crippen MR) is 111 cm³/mol. The molecule has 0 aliphatic rings. The van der Waals surface area contributed by atoms with E-state index in [1.165, 1.54) is 28.7 Å². The van der Waals surface area contributed by atoms with Crippen molar-refractivity contribution in [2.45, 2.75) is 33.9 Å². The molecule has 0 saturated carbocycles. The second kappa shape index (κ2) is 8.89. The molecule has 0 aliphatic carbocycles. The number of aryl methyl sites for hydroxylation is 2. The van der Waals surface area contributed by atoms with Crippen LogP contribution >= 0.6 is 11.3 Å². The highest BCUT2D eigenvalue weighted by molar-refractivity contribution is 7.09. The quantitative estimate of drug-likeness (QED) is 0.499. The molecule has 3 aromatic rings. The van der Waals surface area contributed by atoms with Crippen molar-refractivity contribution < 1.29 is 13.9 Å². The largest absolute Gasteiger partial charge is 0.486 e. The second-order valence-corrected chi connectivity index (χ2v) is 7.62. The molecule has 0 atom stereocenters. The van der Waals surface area contributed by atoms with Crippen LogP contribution in [0.15, 0.2) is 53.0 Å². The molecule has 28 heavy (non-hydrogen) atoms. The molecule has 0 radical (unpaired) electrons. The summed E-state index contributed by atoms with van der Waals surface area (Å²) in [6, 6.07) is 7.55. The Balaban J connectivity index is 1.66. The molecule has 1 aromatic carbocycles. The van der Waals surface area contributed by atoms with E-state index in [2.05, 4.69) is 38.4 Å². The first-order valence-electron chi connectivity index (χ1n) is 9.05. The Hall–Kier alpha value is -2.86. The molecule has 2 aromatic heterocycles. The summed E-state index contributed by atoms with van der Waals surface area (Å²) in [5, 5.41) is 2.83. The Kier molecular flexibility index (Phi) is 6.31. The van der Waals surface area contributed by atoms with Crippen LogP contribution in [0.1, 0.15) is 37.9 Å². The molecule has 6 heteroatoms. The van der Waals surface area contributed by atoms with E-state index in [1.54, 1.807) is 23.1 Å². The Morgan fingerprint density at radius 1 is 1.36 bits per heavy atom. The summed E-state index contributed by atoms with van der Waals surface area (Å²) in [6.45, 7) is 11.2. The average molecular weight is 397 g/mol. The number of ether oxygens (including phenoxy) is 1. The molecule has 1 amide bonds. The van der Waals surface area contributed by atoms with Gasteiger partial charge >= 0.3 is 0 Å². The van der Waals surface area contributed by atoms with Crippen LogP contribution in [0, 0.1) is 20.8 Å². The molecule has 3 rings (SSSR count). The fourth-order valence-electron chi connectivity index (χ4n) is 2.90. The summed E-state index contributed by atoms with van der Waals surface area (Å²) in [6.07, 6.45) is 3.19. The number of carbonyl (C=O) groups is 1. The minimum absolute atomic E-state index is 0.179. The number of thiazole rings is 1. The second-order valence-electron chi connectivity index (χ2n) is 6.68. The molecule has 0 N–H and O–H groups in total. The van der Waals surface area contributed by atoms with E-state index in [-0.39, 0.29) is 5.91 Å². The van der Waals surface area contributed by atoms with Gasteiger partial charge in [-0.3, -0.25) is 4.79 Å². The van der Waals surface area contributed by atoms with Gasteiger partial charge in [0, 0.05) is 11.9 Å². The zero-order chi connectivity index (χ0) is 20.1. The van der Waals surface area contributed by atoms with Crippen LogP contribution in [0.4, 0.5) is 0 Å². The zero-order valence-corrected chi connectivity index (χ0v) is 17.2. The zero-order valence-electron chi connectivity index (χ0n) is 16.4. The fraction of sp³-hybridized carbons (Fsp3) is 0.273. The molecule has 146 valence electrons. The van der Waals surface area contributed by atoms with Gasteiger partial charge in [-0.25, -0.2) is 4.98 Å². The van der Waals surface area contributed by atoms with Crippen LogP contribution in [0.25, 0.3) is 0 Å². The van der Waals surface area contributed by atoms with E-state index in [4.69, 9.17) is 9.15 Å². The molecule has 0 bridgehead atoms. The molecule has 0 unspecified atom stereocenters. The van der Waals surface area contributed by atoms with Crippen molar-refractivity contribution in [2.75, 3.05) is 6.54 Å². The van der Waals surface area contributed by atoms with Crippen molar-refractivity contribution in [2.24, 2.45) is 0 Å². The molecule has 5 nitrogen and oxygen atoms in total. The van der Waals surface area contributed by atoms with Gasteiger partial charge in [0.15, 0.2) is 5.76 Å². The van der Waals surface area contributed by atoms with Gasteiger partial charge < -0.3 is 14.1 Å². The van der Waals surface area contributed by atoms with Gasteiger partial charge in [0.05, 0.1) is 18.5 Å². The van der Waals surface area contributed by atoms with Gasteiger partial charge in [-0.1, -0.05) is 12.1 Å². The highest BCUT2D eigenvalue weighted by Gasteiger charge is 2.18. The number of hydrogen-bond acceptors (Lipinski definition) is 5. The summed E-state index contributed by atoms with van der Waals surface area (Å²) >= 11 is 1.53. The lowest BCUT2D eigenvalue weighted by atomic mass is 10.1. The van der Waals surface area contributed by atoms with Crippen LogP contribution in [0.2, 0.25) is 0 Å². The van der Waals surface area contributed by atoms with Gasteiger partial charge in [0.1, 0.15) is 17.4 Å². The molecular formula is C22H24N2O3S. The van der Waals surface area contributed by atoms with E-state index in [0.717, 1.165) is 22.0 Å². The van der Waals surface area contributed by atoms with Crippen LogP contribution in [-0.4, -0.2) is 22.3 Å². The third-order valence-electron chi connectivity index (χ3n) is 4.44. The normalized spacial score (nSPS) is 10.7. The Labute approximate surface area is 169 Å². The summed E-state index contributed by atoms with van der Waals surface area (Å²) < 4.78 is 11.2. The maximum atomic E-state index is 12.6. The maximum absolute atomic E-state index is 12.6. The summed E-state index contributed by atoms with van der Waals surface area (Å²) in [5.41, 5.74) is 4.35. The highest BCUT2D eigenvalue weighted by atomic mass is 32.1. The topological polar surface area (TPSA) is 55.6 Å². The number of furan rings is 1. The number of benzene rings is 1. The predicted octanol–water partition coefficient (Wildman–Crippen LogP) is 5.07. The monoisotopic (exact) mass is 396 g/mol. The molecule has 0 aliphatic heterocycles. The number of nitrogens with zero attached hydrogens (tertiary/aromatic N) is 2. The van der Waals surface area contributed by atoms with E-state index in [0.29, 0.717) is 25.5 Å². The minimum atomic E-state index is -0.179. The van der Waals surface area contributed by atoms with Gasteiger partial charge in [-0.2, -0.15) is 0 Å². The molecule has 0 spiro atoms. The first kappa shape index (κ1) is 19.9. The average Bonchev–Trinajstić information content (AvgIpc) is 3.34. The number of rotatable bonds is 8. The third-order valence-corrected chi connectivity index (χ3v) is 5.31. The summed E-state index contributed by atoms with van der Waals surface area (Å²) in [4.78, 5) is 18.8. The summed E-state index contributed by atoms with van der Waals surface area (Å²) in [5.74, 6) is 1.02. The number of aromatic nitrogens is 1. The SMILES string of the molecule is C=CCN(Cc1csc(COc2cc(C)cc(C)c2C)n1)C(=O)c1ccco1. The van der Waals surface area contributed by atoms with Gasteiger partial charge in [0.25, 0.3) is 5.91 Å². The molecule has 2 heterocycles. The Morgan fingerprint density at radius 2 is 2.18 bits per heavy atom. The lowest BCUT2D eigenvalue weighted by Gasteiger charge is -2.18. The smallest absolute Gasteiger partial charge is 0.290 e. The first-order chi connectivity index (χ1) is 13.5. The van der Waals surface area contributed by atoms with Crippen LogP contribution in [0.3, 0.4) is 0 Å². The van der Waals surface area contributed by atoms with E-state index >= 15 is 0 Å². The summed E-state index contributed by atoms with van der Waals surface area (Å²) in [7, 11) is 0. The number of hydrogen-bond donors (Lipinski definition) is 0. The van der Waals surface area contributed by atoms with Crippen molar-refractivity contribution >= 4 is 17.2 Å². The minimum Gasteiger partial charge on any atom is -0.486 e. The molecular weight excluding hydrogens is 372 g/mol. The van der Waals surface area contributed by atoms with Crippen LogP contribution < -0.4 is 4.74 Å². The van der Waals surface area contributed by atoms with Gasteiger partial charge in [-0.05, 0) is 55.7 Å². The van der Waals surface area contributed by atoms with Crippen LogP contribution in [0.5, 0.6) is 5.75 Å². The first-order valence-corrected chi connectivity index (χ1v) is 9.93. The Bertz CT molecular complexity index is 960. The lowest BCUT2D eigenvalue weighted by Crippen LogP contribution is -2.30. The maximum Gasteiger partial charge on any atom is 0.290 e. The number of carbonyl (C=O) groups excluding carboxylic acids is 1. The van der Waals surface area contributed by atoms with Crippen LogP contribution in [-0.2, 0) is 13.2 Å². The standard InChI is InChI=1S/C22H24N2O3S/c1-5-8-24(22(25)19-7-6-9-26-19)12-18-14-28-21(23-18)13-27-20-11-15(2)10-16(3)17(20)4/h5-7,9-11,14H,1,8,12-13H2,2-4H3. The number of amides is 1. The van der Waals surface area contributed by atoms with E-state index < -0.39 is 0 Å². The van der Waals surface area contributed by atoms with Gasteiger partial charge in [0.2, 0.25) is 0 Å². The van der Waals surface area contributed by atoms with E-state index in [1.807, 2.05) is 11.4 Å². The van der Waals surface area contributed by atoms with Gasteiger partial charge in [-0.15, -0.1) is 17.9 Å².